The van der Waals surface area contributed by atoms with Crippen molar-refractivity contribution in [2.45, 2.75) is 70.1 Å². The van der Waals surface area contributed by atoms with Gasteiger partial charge in [-0.05, 0) is 61.4 Å². The molecule has 5 aromatic rings. The summed E-state index contributed by atoms with van der Waals surface area (Å²) in [7, 11) is 0. The Morgan fingerprint density at radius 3 is 2.64 bits per heavy atom. The van der Waals surface area contributed by atoms with Gasteiger partial charge >= 0.3 is 6.18 Å². The van der Waals surface area contributed by atoms with Gasteiger partial charge in [0, 0.05) is 42.0 Å². The fourth-order valence-electron chi connectivity index (χ4n) is 6.01. The molecule has 0 radical (unpaired) electrons. The number of fused-ring (bicyclic) bond motifs is 2. The lowest BCUT2D eigenvalue weighted by molar-refractivity contribution is -0.146. The molecule has 1 saturated carbocycles. The minimum absolute atomic E-state index is 0.0210. The van der Waals surface area contributed by atoms with Crippen molar-refractivity contribution in [3.05, 3.63) is 81.4 Å². The number of rotatable bonds is 9. The predicted molar refractivity (Wildman–Crippen MR) is 160 cm³/mol. The first-order valence-corrected chi connectivity index (χ1v) is 15.8. The van der Waals surface area contributed by atoms with Crippen LogP contribution in [-0.2, 0) is 43.6 Å². The lowest BCUT2D eigenvalue weighted by atomic mass is 10.0. The van der Waals surface area contributed by atoms with Gasteiger partial charge in [-0.25, -0.2) is 19.3 Å². The van der Waals surface area contributed by atoms with Crippen LogP contribution in [0.15, 0.2) is 41.1 Å². The molecular weight excluding hydrogens is 642 g/mol. The van der Waals surface area contributed by atoms with Crippen LogP contribution in [0.25, 0.3) is 22.6 Å². The summed E-state index contributed by atoms with van der Waals surface area (Å²) >= 11 is 5.92. The number of imidazole rings is 1. The molecule has 15 heteroatoms. The number of halogens is 5. The molecule has 1 atom stereocenters. The summed E-state index contributed by atoms with van der Waals surface area (Å²) in [5.41, 5.74) is 4.87. The molecule has 4 aromatic heterocycles. The molecule has 47 heavy (non-hydrogen) atoms. The zero-order valence-corrected chi connectivity index (χ0v) is 25.7. The third-order valence-corrected chi connectivity index (χ3v) is 9.02. The molecule has 2 fully saturated rings. The van der Waals surface area contributed by atoms with E-state index >= 15 is 0 Å². The van der Waals surface area contributed by atoms with E-state index in [4.69, 9.17) is 35.6 Å². The van der Waals surface area contributed by atoms with E-state index in [0.29, 0.717) is 59.8 Å². The van der Waals surface area contributed by atoms with Gasteiger partial charge in [-0.1, -0.05) is 22.8 Å². The van der Waals surface area contributed by atoms with Crippen LogP contribution in [0.2, 0.25) is 5.02 Å². The molecule has 8 rings (SSSR count). The highest BCUT2D eigenvalue weighted by Gasteiger charge is 2.37. The first-order valence-electron chi connectivity index (χ1n) is 15.4. The largest absolute Gasteiger partial charge is 0.472 e. The number of hydrogen-bond donors (Lipinski definition) is 0. The highest BCUT2D eigenvalue weighted by atomic mass is 35.5. The minimum atomic E-state index is -4.72. The van der Waals surface area contributed by atoms with E-state index < -0.39 is 17.8 Å². The van der Waals surface area contributed by atoms with Crippen LogP contribution in [0, 0.1) is 5.82 Å². The number of aromatic nitrogens is 6. The summed E-state index contributed by atoms with van der Waals surface area (Å²) in [5, 5.41) is 3.38. The van der Waals surface area contributed by atoms with Crippen molar-refractivity contribution in [1.29, 1.82) is 0 Å². The Morgan fingerprint density at radius 2 is 1.91 bits per heavy atom. The summed E-state index contributed by atoms with van der Waals surface area (Å²) in [6, 6.07) is 8.34. The van der Waals surface area contributed by atoms with Crippen LogP contribution < -0.4 is 4.74 Å². The molecule has 1 aromatic carbocycles. The summed E-state index contributed by atoms with van der Waals surface area (Å²) in [6.45, 7) is 3.09. The third-order valence-electron chi connectivity index (χ3n) is 8.79. The average Bonchev–Trinajstić information content (AvgIpc) is 3.62. The highest BCUT2D eigenvalue weighted by Crippen LogP contribution is 2.45. The van der Waals surface area contributed by atoms with Gasteiger partial charge in [0.25, 0.3) is 11.7 Å². The summed E-state index contributed by atoms with van der Waals surface area (Å²) in [4.78, 5) is 20.1. The number of benzene rings is 1. The quantitative estimate of drug-likeness (QED) is 0.163. The van der Waals surface area contributed by atoms with E-state index in [0.717, 1.165) is 49.3 Å². The molecular formula is C32H28ClF4N7O3. The Balaban J connectivity index is 1.05. The number of pyridine rings is 2. The molecule has 1 saturated heterocycles. The van der Waals surface area contributed by atoms with Gasteiger partial charge in [0.15, 0.2) is 5.65 Å². The van der Waals surface area contributed by atoms with Crippen molar-refractivity contribution in [2.24, 2.45) is 0 Å². The lowest BCUT2D eigenvalue weighted by Gasteiger charge is -2.30. The van der Waals surface area contributed by atoms with Crippen molar-refractivity contribution >= 4 is 22.8 Å². The smallest absolute Gasteiger partial charge is 0.455 e. The topological polar surface area (TPSA) is 104 Å². The van der Waals surface area contributed by atoms with Crippen molar-refractivity contribution < 1.29 is 31.6 Å². The van der Waals surface area contributed by atoms with Crippen molar-refractivity contribution in [2.75, 3.05) is 13.2 Å². The first-order chi connectivity index (χ1) is 22.7. The monoisotopic (exact) mass is 669 g/mol. The summed E-state index contributed by atoms with van der Waals surface area (Å²) < 4.78 is 72.3. The summed E-state index contributed by atoms with van der Waals surface area (Å²) in [6.07, 6.45) is 0.561. The normalized spacial score (nSPS) is 18.4. The molecule has 10 nitrogen and oxygen atoms in total. The predicted octanol–water partition coefficient (Wildman–Crippen LogP) is 6.49. The van der Waals surface area contributed by atoms with Gasteiger partial charge in [-0.2, -0.15) is 18.2 Å². The average molecular weight is 670 g/mol. The summed E-state index contributed by atoms with van der Waals surface area (Å²) in [5.74, 6) is -0.387. The van der Waals surface area contributed by atoms with Crippen LogP contribution in [-0.4, -0.2) is 53.8 Å². The fourth-order valence-corrected chi connectivity index (χ4v) is 6.17. The SMILES string of the molecule is Fc1cc(Cl)ccc1COc1nc2c(cc1C1CC1)CCN(Cc1nc3cc(-c4nc(C(F)(F)F)no4)cnc3n1C[C@@H]1CCO1)C2. The number of nitrogens with zero attached hydrogens (tertiary/aromatic N) is 7. The van der Waals surface area contributed by atoms with Crippen LogP contribution in [0.1, 0.15) is 59.2 Å². The van der Waals surface area contributed by atoms with Gasteiger partial charge < -0.3 is 18.6 Å². The molecule has 0 spiro atoms. The van der Waals surface area contributed by atoms with Crippen LogP contribution in [0.4, 0.5) is 17.6 Å². The molecule has 0 amide bonds. The molecule has 1 aliphatic carbocycles. The Kier molecular flexibility index (Phi) is 7.60. The second-order valence-corrected chi connectivity index (χ2v) is 12.6. The van der Waals surface area contributed by atoms with E-state index in [1.54, 1.807) is 18.2 Å². The molecule has 0 unspecified atom stereocenters. The fraction of sp³-hybridized carbons (Fsp3) is 0.406. The second kappa shape index (κ2) is 11.8. The standard InChI is InChI=1S/C32H28ClF4N7O3/c33-21-4-3-19(24(34)11-21)16-46-30-23(17-1-2-17)9-18-5-7-43(14-26(18)40-30)15-27-39-25-10-20(29-41-31(42-47-29)32(35,36)37)12-38-28(25)44(27)13-22-6-8-45-22/h3-4,9-12,17,22H,1-2,5-8,13-16H2/t22-/m0/s1. The van der Waals surface area contributed by atoms with Gasteiger partial charge in [0.2, 0.25) is 5.88 Å². The van der Waals surface area contributed by atoms with Gasteiger partial charge in [-0.3, -0.25) is 4.90 Å². The van der Waals surface area contributed by atoms with E-state index in [1.165, 1.54) is 17.8 Å². The van der Waals surface area contributed by atoms with Crippen LogP contribution in [0.5, 0.6) is 5.88 Å². The number of alkyl halides is 3. The number of hydrogen-bond acceptors (Lipinski definition) is 9. The van der Waals surface area contributed by atoms with Crippen LogP contribution >= 0.6 is 11.6 Å². The molecule has 0 N–H and O–H groups in total. The highest BCUT2D eigenvalue weighted by molar-refractivity contribution is 6.30. The Morgan fingerprint density at radius 1 is 1.06 bits per heavy atom. The Bertz CT molecular complexity index is 1970. The number of ether oxygens (including phenoxy) is 2. The molecule has 0 bridgehead atoms. The maximum absolute atomic E-state index is 14.5. The van der Waals surface area contributed by atoms with Gasteiger partial charge in [-0.15, -0.1) is 0 Å². The zero-order chi connectivity index (χ0) is 32.3. The first kappa shape index (κ1) is 30.2. The Hall–Kier alpha value is -4.14. The van der Waals surface area contributed by atoms with E-state index in [2.05, 4.69) is 26.1 Å². The second-order valence-electron chi connectivity index (χ2n) is 12.2. The van der Waals surface area contributed by atoms with Crippen molar-refractivity contribution in [1.82, 2.24) is 34.6 Å². The maximum Gasteiger partial charge on any atom is 0.455 e. The molecule has 6 heterocycles. The van der Waals surface area contributed by atoms with Gasteiger partial charge in [0.1, 0.15) is 23.8 Å². The molecule has 244 valence electrons. The zero-order valence-electron chi connectivity index (χ0n) is 24.9. The van der Waals surface area contributed by atoms with E-state index in [-0.39, 0.29) is 24.2 Å². The van der Waals surface area contributed by atoms with Gasteiger partial charge in [0.05, 0.1) is 30.5 Å². The maximum atomic E-state index is 14.5. The lowest BCUT2D eigenvalue weighted by Crippen LogP contribution is -2.34. The molecule has 3 aliphatic rings. The minimum Gasteiger partial charge on any atom is -0.472 e. The van der Waals surface area contributed by atoms with E-state index in [9.17, 15) is 17.6 Å². The van der Waals surface area contributed by atoms with Crippen molar-refractivity contribution in [3.63, 3.8) is 0 Å². The van der Waals surface area contributed by atoms with Crippen molar-refractivity contribution in [3.8, 4) is 17.3 Å². The molecule has 2 aliphatic heterocycles. The third kappa shape index (κ3) is 6.17. The van der Waals surface area contributed by atoms with Crippen LogP contribution in [0.3, 0.4) is 0 Å². The van der Waals surface area contributed by atoms with E-state index in [1.807, 2.05) is 4.57 Å². The Labute approximate surface area is 270 Å².